The number of rotatable bonds is 16. The van der Waals surface area contributed by atoms with E-state index in [2.05, 4.69) is 92.6 Å². The van der Waals surface area contributed by atoms with E-state index < -0.39 is 36.3 Å². The molecular formula is C52H70N8O6. The van der Waals surface area contributed by atoms with E-state index in [0.29, 0.717) is 38.8 Å². The Morgan fingerprint density at radius 1 is 0.561 bits per heavy atom. The van der Waals surface area contributed by atoms with Crippen LogP contribution in [0.1, 0.15) is 126 Å². The van der Waals surface area contributed by atoms with Crippen LogP contribution in [0.2, 0.25) is 0 Å². The van der Waals surface area contributed by atoms with Gasteiger partial charge in [0.2, 0.25) is 35.4 Å². The lowest BCUT2D eigenvalue weighted by molar-refractivity contribution is -0.141. The van der Waals surface area contributed by atoms with E-state index in [9.17, 15) is 28.8 Å². The van der Waals surface area contributed by atoms with Crippen molar-refractivity contribution in [2.24, 2.45) is 0 Å². The summed E-state index contributed by atoms with van der Waals surface area (Å²) in [6.07, 6.45) is 8.76. The zero-order valence-corrected chi connectivity index (χ0v) is 39.6. The molecule has 7 rings (SSSR count). The van der Waals surface area contributed by atoms with Crippen LogP contribution in [-0.4, -0.2) is 109 Å². The summed E-state index contributed by atoms with van der Waals surface area (Å²) in [5, 5.41) is 18.2. The molecule has 14 nitrogen and oxygen atoms in total. The normalized spacial score (nSPS) is 22.0. The van der Waals surface area contributed by atoms with Gasteiger partial charge in [0.25, 0.3) is 0 Å². The number of hydrogen-bond acceptors (Lipinski definition) is 8. The summed E-state index contributed by atoms with van der Waals surface area (Å²) < 4.78 is 0. The lowest BCUT2D eigenvalue weighted by Gasteiger charge is -2.32. The van der Waals surface area contributed by atoms with Gasteiger partial charge in [-0.2, -0.15) is 0 Å². The van der Waals surface area contributed by atoms with Crippen molar-refractivity contribution in [3.63, 3.8) is 0 Å². The molecule has 6 amide bonds. The molecule has 3 aromatic carbocycles. The summed E-state index contributed by atoms with van der Waals surface area (Å²) in [4.78, 5) is 83.9. The summed E-state index contributed by atoms with van der Waals surface area (Å²) >= 11 is 0. The van der Waals surface area contributed by atoms with Crippen molar-refractivity contribution in [1.82, 2.24) is 41.7 Å². The third-order valence-electron chi connectivity index (χ3n) is 14.5. The predicted octanol–water partition coefficient (Wildman–Crippen LogP) is 5.00. The maximum atomic E-state index is 14.0. The number of nitrogens with zero attached hydrogens (tertiary/aromatic N) is 2. The van der Waals surface area contributed by atoms with Gasteiger partial charge >= 0.3 is 0 Å². The van der Waals surface area contributed by atoms with E-state index in [1.165, 1.54) is 11.1 Å². The summed E-state index contributed by atoms with van der Waals surface area (Å²) in [5.41, 5.74) is 9.16. The first-order valence-corrected chi connectivity index (χ1v) is 24.4. The highest BCUT2D eigenvalue weighted by atomic mass is 16.2. The predicted molar refractivity (Wildman–Crippen MR) is 256 cm³/mol. The van der Waals surface area contributed by atoms with Gasteiger partial charge in [-0.1, -0.05) is 74.5 Å². The fourth-order valence-corrected chi connectivity index (χ4v) is 10.4. The standard InChI is InChI=1S/C52H70N8O6/c1-7-41(55-47(61)31(3)53-5)51(65)59-29-13-23-45(59)49(63)57-43-21-11-17-37-35(15-9-19-39(37)43)33-25-27-34(28-26-33)36-16-10-20-40-38(36)18-12-22-44(40)58-50(64)46-24-14-30-60(46)52(66)42(8-2)56-48(62)32(4)54-6/h9-10,15-16,19-20,25-28,31-32,41-46,53-54H,7-8,11-14,17-18,21-24,29-30H2,1-6H3,(H,55,61)(H,56,62)(H,57,63)(H,58,64)/t31?,32?,41?,42?,43-,44-,45+,46+/m1/s1. The van der Waals surface area contributed by atoms with Crippen LogP contribution in [0.5, 0.6) is 0 Å². The minimum absolute atomic E-state index is 0.149. The third kappa shape index (κ3) is 10.3. The van der Waals surface area contributed by atoms with Gasteiger partial charge in [0, 0.05) is 13.1 Å². The zero-order chi connectivity index (χ0) is 47.1. The van der Waals surface area contributed by atoms with Crippen molar-refractivity contribution in [3.05, 3.63) is 82.9 Å². The van der Waals surface area contributed by atoms with Crippen LogP contribution >= 0.6 is 0 Å². The molecule has 354 valence electrons. The lowest BCUT2D eigenvalue weighted by atomic mass is 9.81. The van der Waals surface area contributed by atoms with E-state index in [4.69, 9.17) is 0 Å². The molecule has 6 N–H and O–H groups in total. The fourth-order valence-electron chi connectivity index (χ4n) is 10.4. The molecule has 14 heteroatoms. The highest BCUT2D eigenvalue weighted by Crippen LogP contribution is 2.40. The first-order valence-electron chi connectivity index (χ1n) is 24.4. The lowest BCUT2D eigenvalue weighted by Crippen LogP contribution is -2.55. The molecule has 2 fully saturated rings. The molecule has 3 aromatic rings. The summed E-state index contributed by atoms with van der Waals surface area (Å²) in [6.45, 7) is 8.20. The third-order valence-corrected chi connectivity index (χ3v) is 14.5. The quantitative estimate of drug-likeness (QED) is 0.116. The second-order valence-electron chi connectivity index (χ2n) is 18.6. The molecule has 4 aliphatic rings. The van der Waals surface area contributed by atoms with Gasteiger partial charge < -0.3 is 41.7 Å². The number of carbonyl (C=O) groups is 6. The highest BCUT2D eigenvalue weighted by molar-refractivity contribution is 5.95. The molecule has 4 unspecified atom stereocenters. The number of carbonyl (C=O) groups excluding carboxylic acids is 6. The number of hydrogen-bond donors (Lipinski definition) is 6. The average Bonchev–Trinajstić information content (AvgIpc) is 4.05. The van der Waals surface area contributed by atoms with Crippen LogP contribution in [0, 0.1) is 0 Å². The molecule has 8 atom stereocenters. The molecule has 2 heterocycles. The van der Waals surface area contributed by atoms with Gasteiger partial charge in [0.15, 0.2) is 0 Å². The number of likely N-dealkylation sites (tertiary alicyclic amines) is 2. The SMILES string of the molecule is CCC(NC(=O)C(C)NC)C(=O)N1CCC[C@H]1C(=O)N[C@@H]1CCCc2c(-c3ccc(-c4cccc5c4CCC[C@H]5NC(=O)[C@@H]4CCCN4C(=O)C(CC)NC(=O)C(C)NC)cc3)cccc21. The van der Waals surface area contributed by atoms with E-state index in [-0.39, 0.29) is 47.5 Å². The Labute approximate surface area is 390 Å². The van der Waals surface area contributed by atoms with Gasteiger partial charge in [0.05, 0.1) is 24.2 Å². The molecule has 0 bridgehead atoms. The Morgan fingerprint density at radius 3 is 1.32 bits per heavy atom. The second kappa shape index (κ2) is 21.8. The number of fused-ring (bicyclic) bond motifs is 2. The largest absolute Gasteiger partial charge is 0.347 e. The molecule has 0 spiro atoms. The Hall–Kier alpha value is -5.60. The first kappa shape index (κ1) is 48.3. The Bertz CT molecular complexity index is 2110. The molecular weight excluding hydrogens is 833 g/mol. The van der Waals surface area contributed by atoms with Crippen molar-refractivity contribution >= 4 is 35.4 Å². The minimum atomic E-state index is -0.689. The topological polar surface area (TPSA) is 181 Å². The second-order valence-corrected chi connectivity index (χ2v) is 18.6. The first-order chi connectivity index (χ1) is 31.9. The average molecular weight is 903 g/mol. The van der Waals surface area contributed by atoms with Crippen LogP contribution in [0.25, 0.3) is 22.3 Å². The van der Waals surface area contributed by atoms with Gasteiger partial charge in [-0.05, 0) is 150 Å². The monoisotopic (exact) mass is 903 g/mol. The van der Waals surface area contributed by atoms with Gasteiger partial charge in [-0.3, -0.25) is 28.8 Å². The minimum Gasteiger partial charge on any atom is -0.347 e. The molecule has 0 saturated carbocycles. The van der Waals surface area contributed by atoms with E-state index in [1.54, 1.807) is 37.7 Å². The van der Waals surface area contributed by atoms with Crippen molar-refractivity contribution in [1.29, 1.82) is 0 Å². The summed E-state index contributed by atoms with van der Waals surface area (Å²) in [7, 11) is 3.40. The molecule has 0 aromatic heterocycles. The molecule has 2 saturated heterocycles. The van der Waals surface area contributed by atoms with Gasteiger partial charge in [-0.15, -0.1) is 0 Å². The molecule has 2 aliphatic carbocycles. The maximum Gasteiger partial charge on any atom is 0.245 e. The number of nitrogens with one attached hydrogen (secondary N) is 6. The highest BCUT2D eigenvalue weighted by Gasteiger charge is 2.40. The smallest absolute Gasteiger partial charge is 0.245 e. The Balaban J connectivity index is 1.03. The summed E-state index contributed by atoms with van der Waals surface area (Å²) in [6, 6.07) is 17.6. The van der Waals surface area contributed by atoms with Crippen molar-refractivity contribution < 1.29 is 28.8 Å². The van der Waals surface area contributed by atoms with Crippen LogP contribution in [0.4, 0.5) is 0 Å². The van der Waals surface area contributed by atoms with E-state index >= 15 is 0 Å². The van der Waals surface area contributed by atoms with Crippen molar-refractivity contribution in [2.75, 3.05) is 27.2 Å². The Kier molecular flexibility index (Phi) is 16.0. The molecule has 66 heavy (non-hydrogen) atoms. The van der Waals surface area contributed by atoms with Crippen LogP contribution < -0.4 is 31.9 Å². The zero-order valence-electron chi connectivity index (χ0n) is 39.6. The molecule has 2 aliphatic heterocycles. The van der Waals surface area contributed by atoms with Crippen LogP contribution in [0.15, 0.2) is 60.7 Å². The number of benzene rings is 3. The van der Waals surface area contributed by atoms with Gasteiger partial charge in [0.1, 0.15) is 24.2 Å². The van der Waals surface area contributed by atoms with Crippen molar-refractivity contribution in [3.8, 4) is 22.3 Å². The van der Waals surface area contributed by atoms with Gasteiger partial charge in [-0.25, -0.2) is 0 Å². The fraction of sp³-hybridized carbons (Fsp3) is 0.538. The van der Waals surface area contributed by atoms with E-state index in [0.717, 1.165) is 84.7 Å². The molecule has 0 radical (unpaired) electrons. The Morgan fingerprint density at radius 2 is 0.955 bits per heavy atom. The maximum absolute atomic E-state index is 14.0. The number of likely N-dealkylation sites (N-methyl/N-ethyl adjacent to an activating group) is 2. The van der Waals surface area contributed by atoms with Crippen molar-refractivity contribution in [2.45, 2.75) is 153 Å². The summed E-state index contributed by atoms with van der Waals surface area (Å²) in [5.74, 6) is -1.21. The van der Waals surface area contributed by atoms with Crippen LogP contribution in [0.3, 0.4) is 0 Å². The van der Waals surface area contributed by atoms with E-state index in [1.807, 2.05) is 13.8 Å². The van der Waals surface area contributed by atoms with Crippen LogP contribution in [-0.2, 0) is 41.6 Å². The number of amides is 6.